The second-order valence-electron chi connectivity index (χ2n) is 7.48. The lowest BCUT2D eigenvalue weighted by atomic mass is 9.94. The lowest BCUT2D eigenvalue weighted by Gasteiger charge is -2.26. The molecule has 1 heterocycles. The van der Waals surface area contributed by atoms with Crippen molar-refractivity contribution in [3.8, 4) is 0 Å². The maximum atomic E-state index is 13.0. The van der Waals surface area contributed by atoms with E-state index < -0.39 is 5.41 Å². The Labute approximate surface area is 178 Å². The van der Waals surface area contributed by atoms with Crippen LogP contribution in [0.15, 0.2) is 46.9 Å². The molecule has 4 rings (SSSR count). The summed E-state index contributed by atoms with van der Waals surface area (Å²) in [6.45, 7) is 3.55. The molecular formula is C22H23BrN2O2S. The third-order valence-electron chi connectivity index (χ3n) is 5.58. The van der Waals surface area contributed by atoms with E-state index in [0.717, 1.165) is 58.7 Å². The number of anilines is 1. The number of aryl methyl sites for hydroxylation is 1. The lowest BCUT2D eigenvalue weighted by molar-refractivity contribution is -0.118. The average molecular weight is 459 g/mol. The number of nitrogens with one attached hydrogen (secondary N) is 1. The summed E-state index contributed by atoms with van der Waals surface area (Å²) in [7, 11) is 0. The molecule has 2 aromatic rings. The van der Waals surface area contributed by atoms with Gasteiger partial charge in [0.25, 0.3) is 5.91 Å². The maximum absolute atomic E-state index is 13.0. The van der Waals surface area contributed by atoms with Gasteiger partial charge in [0.1, 0.15) is 0 Å². The molecule has 0 spiro atoms. The van der Waals surface area contributed by atoms with Gasteiger partial charge in [0.05, 0.1) is 5.41 Å². The van der Waals surface area contributed by atoms with E-state index in [1.807, 2.05) is 66.1 Å². The molecule has 2 aliphatic rings. The summed E-state index contributed by atoms with van der Waals surface area (Å²) in [5.41, 5.74) is 2.99. The number of rotatable bonds is 4. The first-order valence-corrected chi connectivity index (χ1v) is 11.5. The van der Waals surface area contributed by atoms with Crippen molar-refractivity contribution in [3.63, 3.8) is 0 Å². The summed E-state index contributed by atoms with van der Waals surface area (Å²) in [5.74, 6) is 2.10. The highest BCUT2D eigenvalue weighted by Crippen LogP contribution is 2.49. The predicted octanol–water partition coefficient (Wildman–Crippen LogP) is 4.62. The Balaban J connectivity index is 1.49. The van der Waals surface area contributed by atoms with Crippen molar-refractivity contribution in [3.05, 3.63) is 63.6 Å². The molecule has 1 saturated heterocycles. The highest BCUT2D eigenvalue weighted by atomic mass is 79.9. The Morgan fingerprint density at radius 2 is 1.86 bits per heavy atom. The molecule has 1 aliphatic carbocycles. The molecule has 1 N–H and O–H groups in total. The number of carbonyl (C=O) groups is 2. The van der Waals surface area contributed by atoms with Crippen LogP contribution in [0.2, 0.25) is 0 Å². The third kappa shape index (κ3) is 3.85. The monoisotopic (exact) mass is 458 g/mol. The fourth-order valence-corrected chi connectivity index (χ4v) is 4.99. The summed E-state index contributed by atoms with van der Waals surface area (Å²) in [6, 6.07) is 13.6. The first kappa shape index (κ1) is 19.5. The Morgan fingerprint density at radius 3 is 2.50 bits per heavy atom. The van der Waals surface area contributed by atoms with E-state index in [2.05, 4.69) is 21.2 Å². The molecule has 1 saturated carbocycles. The van der Waals surface area contributed by atoms with Crippen LogP contribution in [0.3, 0.4) is 0 Å². The molecule has 0 bridgehead atoms. The molecule has 4 nitrogen and oxygen atoms in total. The lowest BCUT2D eigenvalue weighted by Crippen LogP contribution is -2.37. The van der Waals surface area contributed by atoms with Gasteiger partial charge in [-0.25, -0.2) is 0 Å². The van der Waals surface area contributed by atoms with E-state index in [1.165, 1.54) is 0 Å². The van der Waals surface area contributed by atoms with Crippen molar-refractivity contribution in [2.24, 2.45) is 0 Å². The SMILES string of the molecule is Cc1cc(C(=O)N2CCSCC2)ccc1NC(=O)C1(c2cccc(Br)c2)CC1. The number of benzene rings is 2. The number of halogens is 1. The van der Waals surface area contributed by atoms with Crippen LogP contribution in [-0.4, -0.2) is 41.3 Å². The van der Waals surface area contributed by atoms with Gasteiger partial charge < -0.3 is 10.2 Å². The zero-order valence-electron chi connectivity index (χ0n) is 15.8. The van der Waals surface area contributed by atoms with E-state index in [0.29, 0.717) is 5.56 Å². The van der Waals surface area contributed by atoms with Crippen LogP contribution >= 0.6 is 27.7 Å². The van der Waals surface area contributed by atoms with Crippen molar-refractivity contribution in [2.45, 2.75) is 25.2 Å². The van der Waals surface area contributed by atoms with Crippen molar-refractivity contribution in [2.75, 3.05) is 29.9 Å². The summed E-state index contributed by atoms with van der Waals surface area (Å²) >= 11 is 5.38. The van der Waals surface area contributed by atoms with Gasteiger partial charge in [-0.05, 0) is 61.2 Å². The van der Waals surface area contributed by atoms with Gasteiger partial charge >= 0.3 is 0 Å². The van der Waals surface area contributed by atoms with Gasteiger partial charge in [-0.1, -0.05) is 28.1 Å². The average Bonchev–Trinajstić information content (AvgIpc) is 3.52. The molecule has 0 unspecified atom stereocenters. The normalized spacial score (nSPS) is 17.9. The molecule has 2 aromatic carbocycles. The van der Waals surface area contributed by atoms with E-state index in [4.69, 9.17) is 0 Å². The van der Waals surface area contributed by atoms with Gasteiger partial charge in [-0.2, -0.15) is 11.8 Å². The number of thioether (sulfide) groups is 1. The molecule has 1 aliphatic heterocycles. The Kier molecular flexibility index (Phi) is 5.52. The van der Waals surface area contributed by atoms with Crippen molar-refractivity contribution in [1.29, 1.82) is 0 Å². The fraction of sp³-hybridized carbons (Fsp3) is 0.364. The zero-order valence-corrected chi connectivity index (χ0v) is 18.2. The molecule has 0 aromatic heterocycles. The number of amides is 2. The van der Waals surface area contributed by atoms with Crippen LogP contribution in [0, 0.1) is 6.92 Å². The molecule has 146 valence electrons. The van der Waals surface area contributed by atoms with Crippen molar-refractivity contribution >= 4 is 45.2 Å². The minimum Gasteiger partial charge on any atom is -0.337 e. The fourth-order valence-electron chi connectivity index (χ4n) is 3.69. The van der Waals surface area contributed by atoms with Crippen LogP contribution in [-0.2, 0) is 10.2 Å². The standard InChI is InChI=1S/C22H23BrN2O2S/c1-15-13-16(20(26)25-9-11-28-12-10-25)5-6-19(15)24-21(27)22(7-8-22)17-3-2-4-18(23)14-17/h2-6,13-14H,7-12H2,1H3,(H,24,27). The summed E-state index contributed by atoms with van der Waals surface area (Å²) in [6.07, 6.45) is 1.72. The van der Waals surface area contributed by atoms with Gasteiger partial charge in [0, 0.05) is 40.3 Å². The minimum absolute atomic E-state index is 0.0285. The van der Waals surface area contributed by atoms with Crippen LogP contribution in [0.4, 0.5) is 5.69 Å². The molecule has 2 fully saturated rings. The summed E-state index contributed by atoms with van der Waals surface area (Å²) in [5, 5.41) is 3.09. The van der Waals surface area contributed by atoms with Crippen LogP contribution in [0.25, 0.3) is 0 Å². The van der Waals surface area contributed by atoms with E-state index in [9.17, 15) is 9.59 Å². The van der Waals surface area contributed by atoms with Gasteiger partial charge in [-0.15, -0.1) is 0 Å². The Hall–Kier alpha value is -1.79. The number of hydrogen-bond donors (Lipinski definition) is 1. The summed E-state index contributed by atoms with van der Waals surface area (Å²) < 4.78 is 0.985. The van der Waals surface area contributed by atoms with E-state index in [-0.39, 0.29) is 11.8 Å². The first-order chi connectivity index (χ1) is 13.5. The van der Waals surface area contributed by atoms with Crippen molar-refractivity contribution in [1.82, 2.24) is 4.90 Å². The number of hydrogen-bond acceptors (Lipinski definition) is 3. The van der Waals surface area contributed by atoms with E-state index >= 15 is 0 Å². The molecule has 6 heteroatoms. The van der Waals surface area contributed by atoms with Gasteiger partial charge in [0.15, 0.2) is 0 Å². The van der Waals surface area contributed by atoms with Gasteiger partial charge in [-0.3, -0.25) is 9.59 Å². The number of carbonyl (C=O) groups excluding carboxylic acids is 2. The van der Waals surface area contributed by atoms with Gasteiger partial charge in [0.2, 0.25) is 5.91 Å². The maximum Gasteiger partial charge on any atom is 0.253 e. The largest absolute Gasteiger partial charge is 0.337 e. The quantitative estimate of drug-likeness (QED) is 0.726. The first-order valence-electron chi connectivity index (χ1n) is 9.55. The molecular weight excluding hydrogens is 436 g/mol. The summed E-state index contributed by atoms with van der Waals surface area (Å²) in [4.78, 5) is 27.6. The third-order valence-corrected chi connectivity index (χ3v) is 7.02. The Bertz CT molecular complexity index is 921. The predicted molar refractivity (Wildman–Crippen MR) is 118 cm³/mol. The van der Waals surface area contributed by atoms with E-state index in [1.54, 1.807) is 0 Å². The molecule has 28 heavy (non-hydrogen) atoms. The topological polar surface area (TPSA) is 49.4 Å². The highest BCUT2D eigenvalue weighted by molar-refractivity contribution is 9.10. The zero-order chi connectivity index (χ0) is 19.7. The smallest absolute Gasteiger partial charge is 0.253 e. The second-order valence-corrected chi connectivity index (χ2v) is 9.62. The second kappa shape index (κ2) is 7.91. The van der Waals surface area contributed by atoms with Crippen LogP contribution in [0.1, 0.15) is 34.3 Å². The van der Waals surface area contributed by atoms with Crippen LogP contribution < -0.4 is 5.32 Å². The minimum atomic E-state index is -0.434. The molecule has 0 radical (unpaired) electrons. The Morgan fingerprint density at radius 1 is 1.11 bits per heavy atom. The number of nitrogens with zero attached hydrogens (tertiary/aromatic N) is 1. The molecule has 2 amide bonds. The van der Waals surface area contributed by atoms with Crippen LogP contribution in [0.5, 0.6) is 0 Å². The molecule has 0 atom stereocenters. The van der Waals surface area contributed by atoms with Crippen molar-refractivity contribution < 1.29 is 9.59 Å². The highest BCUT2D eigenvalue weighted by Gasteiger charge is 2.51.